The molecule has 0 spiro atoms. The highest BCUT2D eigenvalue weighted by Crippen LogP contribution is 2.27. The zero-order chi connectivity index (χ0) is 14.3. The van der Waals surface area contributed by atoms with Gasteiger partial charge < -0.3 is 9.15 Å². The number of aryl methyl sites for hydroxylation is 1. The highest BCUT2D eigenvalue weighted by atomic mass is 16.5. The van der Waals surface area contributed by atoms with Crippen LogP contribution in [0.2, 0.25) is 0 Å². The van der Waals surface area contributed by atoms with E-state index in [1.165, 1.54) is 7.11 Å². The second kappa shape index (κ2) is 4.45. The van der Waals surface area contributed by atoms with Crippen LogP contribution in [0.1, 0.15) is 16.1 Å². The topological polar surface area (TPSA) is 69.4 Å². The summed E-state index contributed by atoms with van der Waals surface area (Å²) in [5.74, 6) is -0.580. The first-order chi connectivity index (χ1) is 9.61. The molecule has 0 saturated carbocycles. The Bertz CT molecular complexity index is 895. The smallest absolute Gasteiger partial charge is 0.338 e. The van der Waals surface area contributed by atoms with Crippen LogP contribution < -0.4 is 5.63 Å². The molecule has 3 aromatic rings. The third-order valence-corrected chi connectivity index (χ3v) is 3.17. The van der Waals surface area contributed by atoms with Crippen molar-refractivity contribution in [1.82, 2.24) is 4.98 Å². The molecule has 0 atom stereocenters. The second-order valence-electron chi connectivity index (χ2n) is 4.39. The molecule has 0 amide bonds. The zero-order valence-corrected chi connectivity index (χ0v) is 11.0. The van der Waals surface area contributed by atoms with Gasteiger partial charge in [0.25, 0.3) is 0 Å². The number of para-hydroxylation sites is 1. The van der Waals surface area contributed by atoms with Crippen LogP contribution in [0.4, 0.5) is 0 Å². The first-order valence-electron chi connectivity index (χ1n) is 6.03. The number of benzene rings is 1. The molecule has 0 unspecified atom stereocenters. The molecule has 5 heteroatoms. The second-order valence-corrected chi connectivity index (χ2v) is 4.39. The van der Waals surface area contributed by atoms with Crippen molar-refractivity contribution in [3.8, 4) is 0 Å². The molecular weight excluding hydrogens is 258 g/mol. The summed E-state index contributed by atoms with van der Waals surface area (Å²) >= 11 is 0. The molecule has 5 nitrogen and oxygen atoms in total. The minimum atomic E-state index is -0.589. The van der Waals surface area contributed by atoms with Crippen molar-refractivity contribution in [3.05, 3.63) is 52.0 Å². The number of hydrogen-bond acceptors (Lipinski definition) is 5. The Morgan fingerprint density at radius 3 is 2.80 bits per heavy atom. The van der Waals surface area contributed by atoms with Gasteiger partial charge in [-0.1, -0.05) is 12.1 Å². The van der Waals surface area contributed by atoms with Crippen molar-refractivity contribution in [2.75, 3.05) is 7.11 Å². The van der Waals surface area contributed by atoms with Crippen molar-refractivity contribution in [1.29, 1.82) is 0 Å². The van der Waals surface area contributed by atoms with Gasteiger partial charge in [-0.25, -0.2) is 9.59 Å². The van der Waals surface area contributed by atoms with Crippen LogP contribution in [0.3, 0.4) is 0 Å². The number of carbonyl (C=O) groups excluding carboxylic acids is 1. The first-order valence-corrected chi connectivity index (χ1v) is 6.03. The largest absolute Gasteiger partial charge is 0.465 e. The van der Waals surface area contributed by atoms with Gasteiger partial charge in [0.15, 0.2) is 5.58 Å². The Morgan fingerprint density at radius 1 is 1.30 bits per heavy atom. The van der Waals surface area contributed by atoms with E-state index >= 15 is 0 Å². The van der Waals surface area contributed by atoms with E-state index in [1.54, 1.807) is 13.0 Å². The number of ether oxygens (including phenoxy) is 1. The van der Waals surface area contributed by atoms with Gasteiger partial charge in [0.1, 0.15) is 0 Å². The van der Waals surface area contributed by atoms with Gasteiger partial charge in [-0.3, -0.25) is 4.98 Å². The molecule has 0 aliphatic rings. The van der Waals surface area contributed by atoms with Crippen molar-refractivity contribution >= 4 is 27.8 Å². The van der Waals surface area contributed by atoms with Crippen LogP contribution in [-0.4, -0.2) is 18.1 Å². The van der Waals surface area contributed by atoms with E-state index < -0.39 is 11.6 Å². The average molecular weight is 269 g/mol. The van der Waals surface area contributed by atoms with Crippen LogP contribution in [-0.2, 0) is 4.74 Å². The molecule has 100 valence electrons. The molecular formula is C15H11NO4. The average Bonchev–Trinajstić information content (AvgIpc) is 2.45. The van der Waals surface area contributed by atoms with Crippen LogP contribution in [0.5, 0.6) is 0 Å². The Hall–Kier alpha value is -2.69. The van der Waals surface area contributed by atoms with Gasteiger partial charge in [0, 0.05) is 17.1 Å². The standard InChI is InChI=1S/C15H11NO4/c1-8-13-10(15(18)19-2)7-12(17)20-14(13)9-5-3-4-6-11(9)16-8/h3-7H,1-2H3. The third kappa shape index (κ3) is 1.75. The Kier molecular flexibility index (Phi) is 2.75. The summed E-state index contributed by atoms with van der Waals surface area (Å²) in [6.07, 6.45) is 0. The molecule has 1 aromatic carbocycles. The molecule has 3 rings (SSSR count). The molecule has 2 aromatic heterocycles. The number of nitrogens with zero attached hydrogens (tertiary/aromatic N) is 1. The zero-order valence-electron chi connectivity index (χ0n) is 11.0. The summed E-state index contributed by atoms with van der Waals surface area (Å²) in [5.41, 5.74) is 1.27. The minimum absolute atomic E-state index is 0.175. The van der Waals surface area contributed by atoms with Crippen molar-refractivity contribution < 1.29 is 13.9 Å². The minimum Gasteiger partial charge on any atom is -0.465 e. The van der Waals surface area contributed by atoms with E-state index in [-0.39, 0.29) is 5.56 Å². The summed E-state index contributed by atoms with van der Waals surface area (Å²) in [6.45, 7) is 1.77. The third-order valence-electron chi connectivity index (χ3n) is 3.17. The van der Waals surface area contributed by atoms with E-state index in [0.717, 1.165) is 6.07 Å². The number of methoxy groups -OCH3 is 1. The first kappa shape index (κ1) is 12.3. The fraction of sp³-hybridized carbons (Fsp3) is 0.133. The van der Waals surface area contributed by atoms with Crippen LogP contribution in [0.25, 0.3) is 21.9 Å². The number of hydrogen-bond donors (Lipinski definition) is 0. The fourth-order valence-corrected chi connectivity index (χ4v) is 2.31. The fourth-order valence-electron chi connectivity index (χ4n) is 2.31. The summed E-state index contributed by atoms with van der Waals surface area (Å²) in [7, 11) is 1.27. The molecule has 2 heterocycles. The van der Waals surface area contributed by atoms with Crippen molar-refractivity contribution in [2.45, 2.75) is 6.92 Å². The van der Waals surface area contributed by atoms with Gasteiger partial charge in [0.05, 0.1) is 23.6 Å². The van der Waals surface area contributed by atoms with Gasteiger partial charge in [-0.05, 0) is 19.1 Å². The molecule has 0 N–H and O–H groups in total. The Labute approximate surface area is 113 Å². The lowest BCUT2D eigenvalue weighted by Gasteiger charge is -2.08. The number of carbonyl (C=O) groups is 1. The summed E-state index contributed by atoms with van der Waals surface area (Å²) in [4.78, 5) is 28.0. The monoisotopic (exact) mass is 269 g/mol. The summed E-state index contributed by atoms with van der Waals surface area (Å²) < 4.78 is 10.0. The Morgan fingerprint density at radius 2 is 2.05 bits per heavy atom. The molecule has 0 fully saturated rings. The molecule has 0 saturated heterocycles. The van der Waals surface area contributed by atoms with Crippen molar-refractivity contribution in [2.24, 2.45) is 0 Å². The summed E-state index contributed by atoms with van der Waals surface area (Å²) in [6, 6.07) is 8.44. The lowest BCUT2D eigenvalue weighted by atomic mass is 10.1. The van der Waals surface area contributed by atoms with Crippen LogP contribution >= 0.6 is 0 Å². The molecule has 0 aliphatic heterocycles. The van der Waals surface area contributed by atoms with Gasteiger partial charge in [-0.2, -0.15) is 0 Å². The Balaban J connectivity index is 2.58. The number of fused-ring (bicyclic) bond motifs is 3. The number of rotatable bonds is 1. The maximum absolute atomic E-state index is 11.8. The van der Waals surface area contributed by atoms with E-state index in [0.29, 0.717) is 27.6 Å². The predicted octanol–water partition coefficient (Wildman–Crippen LogP) is 2.44. The van der Waals surface area contributed by atoms with E-state index in [2.05, 4.69) is 4.98 Å². The number of pyridine rings is 1. The lowest BCUT2D eigenvalue weighted by Crippen LogP contribution is -2.09. The van der Waals surface area contributed by atoms with Gasteiger partial charge in [-0.15, -0.1) is 0 Å². The molecule has 20 heavy (non-hydrogen) atoms. The van der Waals surface area contributed by atoms with Gasteiger partial charge >= 0.3 is 11.6 Å². The molecule has 0 aliphatic carbocycles. The quantitative estimate of drug-likeness (QED) is 0.501. The highest BCUT2D eigenvalue weighted by Gasteiger charge is 2.18. The summed E-state index contributed by atoms with van der Waals surface area (Å²) in [5, 5.41) is 1.20. The van der Waals surface area contributed by atoms with E-state index in [4.69, 9.17) is 9.15 Å². The molecule has 0 radical (unpaired) electrons. The maximum atomic E-state index is 11.8. The highest BCUT2D eigenvalue weighted by molar-refractivity contribution is 6.11. The number of esters is 1. The van der Waals surface area contributed by atoms with Gasteiger partial charge in [0.2, 0.25) is 0 Å². The SMILES string of the molecule is COC(=O)c1cc(=O)oc2c1c(C)nc1ccccc12. The van der Waals surface area contributed by atoms with E-state index in [9.17, 15) is 9.59 Å². The van der Waals surface area contributed by atoms with Crippen LogP contribution in [0, 0.1) is 6.92 Å². The lowest BCUT2D eigenvalue weighted by molar-refractivity contribution is 0.0602. The van der Waals surface area contributed by atoms with Crippen molar-refractivity contribution in [3.63, 3.8) is 0 Å². The van der Waals surface area contributed by atoms with E-state index in [1.807, 2.05) is 18.2 Å². The normalized spacial score (nSPS) is 10.9. The maximum Gasteiger partial charge on any atom is 0.338 e. The molecule has 0 bridgehead atoms. The number of aromatic nitrogens is 1. The predicted molar refractivity (Wildman–Crippen MR) is 73.9 cm³/mol. The van der Waals surface area contributed by atoms with Crippen LogP contribution in [0.15, 0.2) is 39.5 Å².